The van der Waals surface area contributed by atoms with E-state index in [0.717, 1.165) is 0 Å². The lowest BCUT2D eigenvalue weighted by Crippen LogP contribution is -2.24. The van der Waals surface area contributed by atoms with E-state index in [1.807, 2.05) is 19.1 Å². The summed E-state index contributed by atoms with van der Waals surface area (Å²) in [4.78, 5) is 21.0. The highest BCUT2D eigenvalue weighted by Gasteiger charge is 2.34. The minimum absolute atomic E-state index is 0.211. The second kappa shape index (κ2) is 9.43. The van der Waals surface area contributed by atoms with E-state index in [1.165, 1.54) is 12.5 Å². The molecule has 2 aromatic rings. The van der Waals surface area contributed by atoms with Crippen molar-refractivity contribution in [2.24, 2.45) is 11.1 Å². The molecular weight excluding hydrogens is 412 g/mol. The SMILES string of the molecule is CC=CCn1ccc(C(=O)c2cncnc2N[C@@H]2C[C@H](COS(N)(=O)=O)[C@@H](O)C2)n1. The van der Waals surface area contributed by atoms with Gasteiger partial charge in [0.05, 0.1) is 24.8 Å². The van der Waals surface area contributed by atoms with Crippen LogP contribution in [0.2, 0.25) is 0 Å². The van der Waals surface area contributed by atoms with Gasteiger partial charge in [-0.3, -0.25) is 13.7 Å². The third-order valence-electron chi connectivity index (χ3n) is 4.80. The number of hydrogen-bond acceptors (Lipinski definition) is 9. The Morgan fingerprint density at radius 1 is 1.47 bits per heavy atom. The number of nitrogens with one attached hydrogen (secondary N) is 1. The first-order chi connectivity index (χ1) is 14.3. The van der Waals surface area contributed by atoms with Crippen LogP contribution in [0.15, 0.2) is 36.9 Å². The van der Waals surface area contributed by atoms with E-state index in [-0.39, 0.29) is 29.7 Å². The predicted molar refractivity (Wildman–Crippen MR) is 108 cm³/mol. The Labute approximate surface area is 174 Å². The molecule has 0 bridgehead atoms. The van der Waals surface area contributed by atoms with Gasteiger partial charge in [-0.2, -0.15) is 13.5 Å². The zero-order valence-electron chi connectivity index (χ0n) is 16.4. The third kappa shape index (κ3) is 5.69. The van der Waals surface area contributed by atoms with E-state index >= 15 is 0 Å². The molecule has 3 atom stereocenters. The molecule has 1 fully saturated rings. The van der Waals surface area contributed by atoms with E-state index < -0.39 is 22.3 Å². The number of carbonyl (C=O) groups is 1. The number of hydrogen-bond donors (Lipinski definition) is 3. The van der Waals surface area contributed by atoms with Gasteiger partial charge in [0.1, 0.15) is 17.8 Å². The van der Waals surface area contributed by atoms with Gasteiger partial charge in [0.2, 0.25) is 5.78 Å². The average molecular weight is 436 g/mol. The summed E-state index contributed by atoms with van der Waals surface area (Å²) >= 11 is 0. The molecular formula is C18H24N6O5S. The van der Waals surface area contributed by atoms with Gasteiger partial charge in [0.25, 0.3) is 0 Å². The Hall–Kier alpha value is -2.67. The van der Waals surface area contributed by atoms with Gasteiger partial charge in [0.15, 0.2) is 0 Å². The van der Waals surface area contributed by atoms with Crippen molar-refractivity contribution in [1.29, 1.82) is 0 Å². The van der Waals surface area contributed by atoms with Crippen LogP contribution in [0.25, 0.3) is 0 Å². The van der Waals surface area contributed by atoms with Gasteiger partial charge in [-0.1, -0.05) is 12.2 Å². The van der Waals surface area contributed by atoms with Crippen LogP contribution in [0.1, 0.15) is 35.8 Å². The quantitative estimate of drug-likeness (QED) is 0.369. The molecule has 0 amide bonds. The average Bonchev–Trinajstić information content (AvgIpc) is 3.30. The van der Waals surface area contributed by atoms with Gasteiger partial charge in [-0.25, -0.2) is 15.1 Å². The van der Waals surface area contributed by atoms with Gasteiger partial charge in [0, 0.05) is 24.4 Å². The van der Waals surface area contributed by atoms with Crippen molar-refractivity contribution in [1.82, 2.24) is 19.7 Å². The maximum absolute atomic E-state index is 12.9. The number of aliphatic hydroxyl groups excluding tert-OH is 1. The zero-order valence-corrected chi connectivity index (χ0v) is 17.2. The van der Waals surface area contributed by atoms with Crippen molar-refractivity contribution < 1.29 is 22.5 Å². The lowest BCUT2D eigenvalue weighted by atomic mass is 10.1. The molecule has 1 aliphatic rings. The van der Waals surface area contributed by atoms with E-state index in [9.17, 15) is 18.3 Å². The molecule has 3 rings (SSSR count). The van der Waals surface area contributed by atoms with E-state index in [2.05, 4.69) is 24.6 Å². The van der Waals surface area contributed by atoms with Crippen molar-refractivity contribution in [3.05, 3.63) is 48.2 Å². The smallest absolute Gasteiger partial charge is 0.333 e. The first-order valence-corrected chi connectivity index (χ1v) is 10.8. The van der Waals surface area contributed by atoms with Crippen LogP contribution in [-0.4, -0.2) is 57.8 Å². The normalized spacial score (nSPS) is 21.9. The van der Waals surface area contributed by atoms with Gasteiger partial charge in [-0.15, -0.1) is 0 Å². The summed E-state index contributed by atoms with van der Waals surface area (Å²) in [6.45, 7) is 2.25. The molecule has 1 saturated carbocycles. The van der Waals surface area contributed by atoms with Crippen LogP contribution in [-0.2, 0) is 21.0 Å². The van der Waals surface area contributed by atoms with Crippen LogP contribution in [0.3, 0.4) is 0 Å². The monoisotopic (exact) mass is 436 g/mol. The highest BCUT2D eigenvalue weighted by molar-refractivity contribution is 7.84. The van der Waals surface area contributed by atoms with Gasteiger partial charge in [-0.05, 0) is 25.8 Å². The number of rotatable bonds is 9. The van der Waals surface area contributed by atoms with Crippen LogP contribution in [0.5, 0.6) is 0 Å². The summed E-state index contributed by atoms with van der Waals surface area (Å²) < 4.78 is 28.2. The molecule has 0 spiro atoms. The topological polar surface area (TPSA) is 162 Å². The zero-order chi connectivity index (χ0) is 21.7. The summed E-state index contributed by atoms with van der Waals surface area (Å²) in [6, 6.07) is 1.39. The number of aromatic nitrogens is 4. The molecule has 0 aliphatic heterocycles. The van der Waals surface area contributed by atoms with Gasteiger partial charge < -0.3 is 10.4 Å². The van der Waals surface area contributed by atoms with E-state index in [4.69, 9.17) is 5.14 Å². The van der Waals surface area contributed by atoms with Crippen molar-refractivity contribution >= 4 is 21.9 Å². The Bertz CT molecular complexity index is 1020. The van der Waals surface area contributed by atoms with Crippen molar-refractivity contribution in [2.75, 3.05) is 11.9 Å². The van der Waals surface area contributed by atoms with Gasteiger partial charge >= 0.3 is 10.3 Å². The molecule has 2 aromatic heterocycles. The number of anilines is 1. The lowest BCUT2D eigenvalue weighted by Gasteiger charge is -2.15. The van der Waals surface area contributed by atoms with Crippen LogP contribution >= 0.6 is 0 Å². The highest BCUT2D eigenvalue weighted by atomic mass is 32.2. The number of ketones is 1. The Morgan fingerprint density at radius 2 is 2.27 bits per heavy atom. The summed E-state index contributed by atoms with van der Waals surface area (Å²) in [5.41, 5.74) is 0.524. The Morgan fingerprint density at radius 3 is 3.00 bits per heavy atom. The summed E-state index contributed by atoms with van der Waals surface area (Å²) in [5.74, 6) is -0.419. The fraction of sp³-hybridized carbons (Fsp3) is 0.444. The molecule has 162 valence electrons. The largest absolute Gasteiger partial charge is 0.393 e. The molecule has 1 aliphatic carbocycles. The van der Waals surface area contributed by atoms with Crippen LogP contribution < -0.4 is 10.5 Å². The molecule has 0 unspecified atom stereocenters. The fourth-order valence-electron chi connectivity index (χ4n) is 3.32. The summed E-state index contributed by atoms with van der Waals surface area (Å²) in [6.07, 6.45) is 8.25. The summed E-state index contributed by atoms with van der Waals surface area (Å²) in [5, 5.41) is 22.5. The lowest BCUT2D eigenvalue weighted by molar-refractivity contribution is 0.101. The molecule has 0 aromatic carbocycles. The van der Waals surface area contributed by atoms with E-state index in [0.29, 0.717) is 25.2 Å². The first kappa shape index (κ1) is 22.0. The second-order valence-corrected chi connectivity index (χ2v) is 8.24. The Kier molecular flexibility index (Phi) is 6.92. The minimum atomic E-state index is -4.07. The van der Waals surface area contributed by atoms with Crippen molar-refractivity contribution in [3.63, 3.8) is 0 Å². The van der Waals surface area contributed by atoms with Crippen molar-refractivity contribution in [2.45, 2.75) is 38.5 Å². The maximum Gasteiger partial charge on any atom is 0.333 e. The van der Waals surface area contributed by atoms with Crippen LogP contribution in [0, 0.1) is 5.92 Å². The standard InChI is InChI=1S/C18H24N6O5S/c1-2-3-5-24-6-4-15(23-24)17(26)14-9-20-11-21-18(14)22-13-7-12(16(25)8-13)10-29-30(19,27)28/h2-4,6,9,11-13,16,25H,5,7-8,10H2,1H3,(H2,19,27,28)(H,20,21,22)/t12-,13-,16+/m1/s1. The molecule has 4 N–H and O–H groups in total. The first-order valence-electron chi connectivity index (χ1n) is 9.38. The number of nitrogens with two attached hydrogens (primary N) is 1. The van der Waals surface area contributed by atoms with Crippen LogP contribution in [0.4, 0.5) is 5.82 Å². The summed E-state index contributed by atoms with van der Waals surface area (Å²) in [7, 11) is -4.07. The Balaban J connectivity index is 1.70. The molecule has 30 heavy (non-hydrogen) atoms. The third-order valence-corrected chi connectivity index (χ3v) is 5.27. The molecule has 0 saturated heterocycles. The molecule has 2 heterocycles. The number of nitrogens with zero attached hydrogens (tertiary/aromatic N) is 4. The van der Waals surface area contributed by atoms with Crippen molar-refractivity contribution in [3.8, 4) is 0 Å². The predicted octanol–water partition coefficient (Wildman–Crippen LogP) is 0.252. The number of allylic oxidation sites excluding steroid dienone is 2. The minimum Gasteiger partial charge on any atom is -0.393 e. The fourth-order valence-corrected chi connectivity index (χ4v) is 3.69. The second-order valence-electron chi connectivity index (χ2n) is 7.02. The van der Waals surface area contributed by atoms with E-state index in [1.54, 1.807) is 16.9 Å². The molecule has 11 nitrogen and oxygen atoms in total. The molecule has 0 radical (unpaired) electrons. The number of aliphatic hydroxyl groups is 1. The highest BCUT2D eigenvalue weighted by Crippen LogP contribution is 2.29. The number of carbonyl (C=O) groups excluding carboxylic acids is 1. The molecule has 12 heteroatoms. The maximum atomic E-state index is 12.9.